The molecular weight excluding hydrogens is 593 g/mol. The van der Waals surface area contributed by atoms with E-state index in [1.807, 2.05) is 17.0 Å². The Morgan fingerprint density at radius 3 is 2.58 bits per heavy atom. The lowest BCUT2D eigenvalue weighted by Crippen LogP contribution is -2.50. The maximum absolute atomic E-state index is 13.3. The zero-order chi connectivity index (χ0) is 25.8. The molecule has 0 unspecified atom stereocenters. The Hall–Kier alpha value is -2.80. The first-order valence-corrected chi connectivity index (χ1v) is 14.1. The summed E-state index contributed by atoms with van der Waals surface area (Å²) in [6.07, 6.45) is 5.33. The number of carboxylic acids is 1. The number of rotatable bonds is 8. The molecule has 190 valence electrons. The molecule has 4 heterocycles. The monoisotopic (exact) mass is 620 g/mol. The molecule has 1 saturated heterocycles. The van der Waals surface area contributed by atoms with Crippen molar-refractivity contribution in [3.8, 4) is 0 Å². The highest BCUT2D eigenvalue weighted by Gasteiger charge is 2.24. The van der Waals surface area contributed by atoms with Crippen LogP contribution in [-0.2, 0) is 22.4 Å². The Morgan fingerprint density at radius 2 is 1.94 bits per heavy atom. The molecule has 0 radical (unpaired) electrons. The molecule has 36 heavy (non-hydrogen) atoms. The van der Waals surface area contributed by atoms with Crippen LogP contribution in [0.25, 0.3) is 11.7 Å². The molecule has 1 amide bonds. The fourth-order valence-corrected chi connectivity index (χ4v) is 5.53. The van der Waals surface area contributed by atoms with Gasteiger partial charge < -0.3 is 19.7 Å². The third-order valence-corrected chi connectivity index (χ3v) is 7.71. The van der Waals surface area contributed by atoms with Gasteiger partial charge in [-0.3, -0.25) is 14.0 Å². The van der Waals surface area contributed by atoms with Gasteiger partial charge in [0.05, 0.1) is 26.7 Å². The molecule has 1 aliphatic rings. The second kappa shape index (κ2) is 11.5. The van der Waals surface area contributed by atoms with E-state index in [1.165, 1.54) is 10.5 Å². The lowest BCUT2D eigenvalue weighted by molar-refractivity contribution is -0.297. The van der Waals surface area contributed by atoms with Crippen LogP contribution in [0.15, 0.2) is 34.6 Å². The van der Waals surface area contributed by atoms with Gasteiger partial charge in [0.15, 0.2) is 0 Å². The van der Waals surface area contributed by atoms with Crippen molar-refractivity contribution in [2.75, 3.05) is 35.5 Å². The number of nitrogens with zero attached hydrogens (tertiary/aromatic N) is 5. The number of halogens is 1. The normalized spacial score (nSPS) is 14.3. The van der Waals surface area contributed by atoms with E-state index >= 15 is 0 Å². The van der Waals surface area contributed by atoms with Crippen LogP contribution in [0.4, 0.5) is 5.82 Å². The summed E-state index contributed by atoms with van der Waals surface area (Å²) >= 11 is 3.71. The average Bonchev–Trinajstić information content (AvgIpc) is 3.36. The first-order valence-electron chi connectivity index (χ1n) is 11.7. The molecule has 11 heteroatoms. The minimum absolute atomic E-state index is 0.0734. The van der Waals surface area contributed by atoms with E-state index in [-0.39, 0.29) is 17.0 Å². The molecule has 9 nitrogen and oxygen atoms in total. The lowest BCUT2D eigenvalue weighted by atomic mass is 10.1. The fraction of sp³-hybridized carbons (Fsp3) is 0.400. The number of aliphatic carboxylic acids is 1. The first-order chi connectivity index (χ1) is 17.3. The molecule has 0 atom stereocenters. The van der Waals surface area contributed by atoms with Crippen LogP contribution in [0.3, 0.4) is 0 Å². The van der Waals surface area contributed by atoms with Crippen LogP contribution in [0, 0.1) is 0 Å². The number of pyridine rings is 1. The maximum atomic E-state index is 13.3. The Morgan fingerprint density at radius 1 is 1.19 bits per heavy atom. The van der Waals surface area contributed by atoms with Gasteiger partial charge in [-0.2, -0.15) is 0 Å². The van der Waals surface area contributed by atoms with Crippen LogP contribution in [0.2, 0.25) is 0 Å². The Balaban J connectivity index is 1.64. The highest BCUT2D eigenvalue weighted by atomic mass is 127. The van der Waals surface area contributed by atoms with Crippen molar-refractivity contribution in [3.05, 3.63) is 62.0 Å². The third-order valence-electron chi connectivity index (χ3n) is 6.13. The van der Waals surface area contributed by atoms with Crippen LogP contribution in [0.1, 0.15) is 41.6 Å². The van der Waals surface area contributed by atoms with Crippen molar-refractivity contribution in [1.82, 2.24) is 19.3 Å². The number of piperazine rings is 1. The van der Waals surface area contributed by atoms with E-state index in [9.17, 15) is 19.5 Å². The SMILES string of the molecule is CC(C)c1csc(CCc2ccn3c(=O)c(/C=C/C(=O)[O-])c(N4CCN(C(=O)CI)CC4)nc3c2)n1. The van der Waals surface area contributed by atoms with E-state index in [4.69, 9.17) is 9.97 Å². The van der Waals surface area contributed by atoms with Gasteiger partial charge in [0.25, 0.3) is 5.56 Å². The van der Waals surface area contributed by atoms with E-state index < -0.39 is 5.97 Å². The summed E-state index contributed by atoms with van der Waals surface area (Å²) in [5.41, 5.74) is 2.45. The number of carboxylic acid groups (broad SMARTS) is 1. The highest BCUT2D eigenvalue weighted by Crippen LogP contribution is 2.22. The highest BCUT2D eigenvalue weighted by molar-refractivity contribution is 14.1. The van der Waals surface area contributed by atoms with E-state index in [2.05, 4.69) is 41.8 Å². The standard InChI is InChI=1S/C25H28IN5O4S/c1-16(2)19-15-36-21(27-19)5-3-17-7-8-31-20(13-17)28-24(18(25(31)35)4-6-23(33)34)30-11-9-29(10-12-30)22(32)14-26/h4,6-8,13,15-16H,3,5,9-12,14H2,1-2H3,(H,33,34)/p-1/b6-4+. The number of hydrogen-bond acceptors (Lipinski definition) is 8. The number of anilines is 1. The number of fused-ring (bicyclic) bond motifs is 1. The smallest absolute Gasteiger partial charge is 0.267 e. The summed E-state index contributed by atoms with van der Waals surface area (Å²) < 4.78 is 1.84. The summed E-state index contributed by atoms with van der Waals surface area (Å²) in [5.74, 6) is -0.505. The third kappa shape index (κ3) is 5.94. The zero-order valence-corrected chi connectivity index (χ0v) is 23.1. The van der Waals surface area contributed by atoms with Gasteiger partial charge in [0.1, 0.15) is 11.5 Å². The number of carbonyl (C=O) groups is 2. The van der Waals surface area contributed by atoms with Gasteiger partial charge in [-0.05, 0) is 42.2 Å². The quantitative estimate of drug-likeness (QED) is 0.215. The Labute approximate surface area is 226 Å². The summed E-state index contributed by atoms with van der Waals surface area (Å²) in [6, 6.07) is 3.78. The number of aryl methyl sites for hydroxylation is 2. The van der Waals surface area contributed by atoms with Crippen LogP contribution >= 0.6 is 33.9 Å². The molecule has 0 aliphatic carbocycles. The van der Waals surface area contributed by atoms with Crippen molar-refractivity contribution in [3.63, 3.8) is 0 Å². The summed E-state index contributed by atoms with van der Waals surface area (Å²) in [6.45, 7) is 6.27. The molecule has 0 bridgehead atoms. The van der Waals surface area contributed by atoms with Crippen molar-refractivity contribution in [1.29, 1.82) is 0 Å². The largest absolute Gasteiger partial charge is 0.545 e. The Kier molecular flexibility index (Phi) is 8.39. The molecule has 0 aromatic carbocycles. The number of aromatic nitrogens is 3. The molecule has 1 fully saturated rings. The second-order valence-electron chi connectivity index (χ2n) is 8.89. The summed E-state index contributed by atoms with van der Waals surface area (Å²) in [4.78, 5) is 49.7. The average molecular weight is 620 g/mol. The minimum atomic E-state index is -1.39. The van der Waals surface area contributed by atoms with Crippen molar-refractivity contribution >= 4 is 63.3 Å². The van der Waals surface area contributed by atoms with Gasteiger partial charge >= 0.3 is 0 Å². The second-order valence-corrected chi connectivity index (χ2v) is 10.6. The van der Waals surface area contributed by atoms with Crippen molar-refractivity contribution in [2.45, 2.75) is 32.6 Å². The maximum Gasteiger partial charge on any atom is 0.267 e. The zero-order valence-electron chi connectivity index (χ0n) is 20.1. The molecule has 0 saturated carbocycles. The summed E-state index contributed by atoms with van der Waals surface area (Å²) in [7, 11) is 0. The predicted molar refractivity (Wildman–Crippen MR) is 147 cm³/mol. The Bertz CT molecular complexity index is 1360. The number of carbonyl (C=O) groups excluding carboxylic acids is 2. The van der Waals surface area contributed by atoms with E-state index in [1.54, 1.807) is 22.4 Å². The van der Waals surface area contributed by atoms with E-state index in [0.717, 1.165) is 35.2 Å². The molecule has 3 aromatic rings. The number of alkyl halides is 1. The van der Waals surface area contributed by atoms with Crippen LogP contribution < -0.4 is 15.6 Å². The fourth-order valence-electron chi connectivity index (χ4n) is 4.08. The van der Waals surface area contributed by atoms with Gasteiger partial charge in [0, 0.05) is 44.2 Å². The lowest BCUT2D eigenvalue weighted by Gasteiger charge is -2.35. The van der Waals surface area contributed by atoms with Crippen LogP contribution in [-0.4, -0.2) is 61.8 Å². The number of amides is 1. The number of thiazole rings is 1. The topological polar surface area (TPSA) is 111 Å². The van der Waals surface area contributed by atoms with Gasteiger partial charge in [-0.15, -0.1) is 11.3 Å². The molecular formula is C25H27IN5O4S-. The van der Waals surface area contributed by atoms with Gasteiger partial charge in [0.2, 0.25) is 5.91 Å². The molecule has 0 N–H and O–H groups in total. The molecule has 0 spiro atoms. The van der Waals surface area contributed by atoms with E-state index in [0.29, 0.717) is 48.0 Å². The predicted octanol–water partition coefficient (Wildman–Crippen LogP) is 1.91. The first kappa shape index (κ1) is 26.3. The molecule has 3 aromatic heterocycles. The van der Waals surface area contributed by atoms with Gasteiger partial charge in [-0.1, -0.05) is 36.4 Å². The van der Waals surface area contributed by atoms with Crippen LogP contribution in [0.5, 0.6) is 0 Å². The minimum Gasteiger partial charge on any atom is -0.545 e. The number of hydrogen-bond donors (Lipinski definition) is 0. The van der Waals surface area contributed by atoms with Crippen molar-refractivity contribution in [2.24, 2.45) is 0 Å². The molecule has 1 aliphatic heterocycles. The van der Waals surface area contributed by atoms with Gasteiger partial charge in [-0.25, -0.2) is 9.97 Å². The summed E-state index contributed by atoms with van der Waals surface area (Å²) in [5, 5.41) is 14.2. The van der Waals surface area contributed by atoms with Crippen molar-refractivity contribution < 1.29 is 14.7 Å². The molecule has 4 rings (SSSR count).